The molecule has 1 aromatic rings. The molecule has 1 aromatic carbocycles. The molecule has 0 radical (unpaired) electrons. The molecule has 0 N–H and O–H groups in total. The van der Waals surface area contributed by atoms with Crippen LogP contribution in [0.15, 0.2) is 24.3 Å². The summed E-state index contributed by atoms with van der Waals surface area (Å²) in [7, 11) is 0. The van der Waals surface area contributed by atoms with Crippen molar-refractivity contribution in [3.8, 4) is 0 Å². The molecule has 100 valence electrons. The Kier molecular flexibility index (Phi) is 5.39. The Morgan fingerprint density at radius 3 is 2.28 bits per heavy atom. The molecule has 0 aliphatic heterocycles. The summed E-state index contributed by atoms with van der Waals surface area (Å²) in [4.78, 5) is 11.5. The van der Waals surface area contributed by atoms with Crippen LogP contribution in [0.25, 0.3) is 0 Å². The van der Waals surface area contributed by atoms with Gasteiger partial charge in [-0.1, -0.05) is 58.4 Å². The van der Waals surface area contributed by atoms with E-state index >= 15 is 0 Å². The smallest absolute Gasteiger partial charge is 0.310 e. The molecule has 0 atom stereocenters. The number of hydrogen-bond acceptors (Lipinski definition) is 2. The van der Waals surface area contributed by atoms with Crippen LogP contribution in [0.4, 0.5) is 0 Å². The normalized spacial score (nSPS) is 11.3. The third-order valence-corrected chi connectivity index (χ3v) is 2.93. The Labute approximate surface area is 110 Å². The van der Waals surface area contributed by atoms with E-state index in [1.807, 2.05) is 12.1 Å². The number of hydrogen-bond donors (Lipinski definition) is 0. The van der Waals surface area contributed by atoms with Crippen molar-refractivity contribution in [2.24, 2.45) is 0 Å². The third-order valence-electron chi connectivity index (χ3n) is 2.93. The lowest BCUT2D eigenvalue weighted by atomic mass is 9.86. The Morgan fingerprint density at radius 2 is 1.78 bits per heavy atom. The molecule has 0 aliphatic rings. The second-order valence-electron chi connectivity index (χ2n) is 5.70. The molecule has 0 fully saturated rings. The molecule has 2 nitrogen and oxygen atoms in total. The Balaban J connectivity index is 2.51. The van der Waals surface area contributed by atoms with E-state index in [1.165, 1.54) is 5.56 Å². The molecule has 0 unspecified atom stereocenters. The first-order valence-corrected chi connectivity index (χ1v) is 6.68. The highest BCUT2D eigenvalue weighted by Gasteiger charge is 2.13. The van der Waals surface area contributed by atoms with Gasteiger partial charge >= 0.3 is 5.97 Å². The fraction of sp³-hybridized carbons (Fsp3) is 0.562. The van der Waals surface area contributed by atoms with E-state index in [1.54, 1.807) is 0 Å². The number of ether oxygens (including phenoxy) is 1. The predicted molar refractivity (Wildman–Crippen MR) is 74.7 cm³/mol. The first kappa shape index (κ1) is 14.7. The van der Waals surface area contributed by atoms with Crippen molar-refractivity contribution in [1.29, 1.82) is 0 Å². The summed E-state index contributed by atoms with van der Waals surface area (Å²) >= 11 is 0. The molecule has 0 saturated carbocycles. The lowest BCUT2D eigenvalue weighted by Gasteiger charge is -2.19. The predicted octanol–water partition coefficient (Wildman–Crippen LogP) is 3.87. The van der Waals surface area contributed by atoms with Crippen LogP contribution in [-0.2, 0) is 21.4 Å². The van der Waals surface area contributed by atoms with E-state index in [0.717, 1.165) is 18.4 Å². The van der Waals surface area contributed by atoms with Crippen molar-refractivity contribution in [1.82, 2.24) is 0 Å². The summed E-state index contributed by atoms with van der Waals surface area (Å²) in [5.41, 5.74) is 2.45. The van der Waals surface area contributed by atoms with Gasteiger partial charge in [-0.05, 0) is 23.0 Å². The van der Waals surface area contributed by atoms with Crippen LogP contribution >= 0.6 is 0 Å². The van der Waals surface area contributed by atoms with Crippen molar-refractivity contribution in [2.75, 3.05) is 6.61 Å². The summed E-state index contributed by atoms with van der Waals surface area (Å²) in [6, 6.07) is 8.21. The average molecular weight is 248 g/mol. The average Bonchev–Trinajstić information content (AvgIpc) is 2.29. The maximum absolute atomic E-state index is 11.5. The molecule has 0 aliphatic carbocycles. The highest BCUT2D eigenvalue weighted by atomic mass is 16.5. The zero-order valence-corrected chi connectivity index (χ0v) is 12.0. The van der Waals surface area contributed by atoms with Crippen LogP contribution in [0.3, 0.4) is 0 Å². The molecule has 0 bridgehead atoms. The van der Waals surface area contributed by atoms with Gasteiger partial charge in [0, 0.05) is 0 Å². The van der Waals surface area contributed by atoms with Crippen LogP contribution < -0.4 is 0 Å². The molecule has 1 rings (SSSR count). The number of carbonyl (C=O) groups is 1. The lowest BCUT2D eigenvalue weighted by molar-refractivity contribution is -0.142. The first-order chi connectivity index (χ1) is 8.43. The number of rotatable bonds is 5. The lowest BCUT2D eigenvalue weighted by Crippen LogP contribution is -2.12. The van der Waals surface area contributed by atoms with Gasteiger partial charge in [-0.3, -0.25) is 4.79 Å². The Hall–Kier alpha value is -1.31. The summed E-state index contributed by atoms with van der Waals surface area (Å²) in [5, 5.41) is 0. The maximum Gasteiger partial charge on any atom is 0.310 e. The number of esters is 1. The maximum atomic E-state index is 11.5. The van der Waals surface area contributed by atoms with Gasteiger partial charge in [0.15, 0.2) is 0 Å². The fourth-order valence-corrected chi connectivity index (χ4v) is 1.67. The van der Waals surface area contributed by atoms with E-state index in [4.69, 9.17) is 4.74 Å². The van der Waals surface area contributed by atoms with Gasteiger partial charge in [0.25, 0.3) is 0 Å². The van der Waals surface area contributed by atoms with Gasteiger partial charge in [-0.2, -0.15) is 0 Å². The number of carbonyl (C=O) groups excluding carboxylic acids is 1. The van der Waals surface area contributed by atoms with Crippen LogP contribution in [0.2, 0.25) is 0 Å². The highest BCUT2D eigenvalue weighted by Crippen LogP contribution is 2.22. The van der Waals surface area contributed by atoms with Crippen molar-refractivity contribution in [3.05, 3.63) is 35.4 Å². The van der Waals surface area contributed by atoms with Crippen LogP contribution in [-0.4, -0.2) is 12.6 Å². The van der Waals surface area contributed by atoms with Gasteiger partial charge in [-0.15, -0.1) is 0 Å². The molecule has 0 heterocycles. The van der Waals surface area contributed by atoms with E-state index < -0.39 is 0 Å². The van der Waals surface area contributed by atoms with Gasteiger partial charge in [0.2, 0.25) is 0 Å². The molecule has 0 saturated heterocycles. The minimum atomic E-state index is -0.132. The number of unbranched alkanes of at least 4 members (excludes halogenated alkanes) is 1. The zero-order valence-electron chi connectivity index (χ0n) is 12.0. The van der Waals surface area contributed by atoms with Crippen LogP contribution in [0.1, 0.15) is 51.7 Å². The topological polar surface area (TPSA) is 26.3 Å². The molecule has 2 heteroatoms. The summed E-state index contributed by atoms with van der Waals surface area (Å²) in [6.45, 7) is 9.16. The van der Waals surface area contributed by atoms with E-state index in [0.29, 0.717) is 13.0 Å². The second kappa shape index (κ2) is 6.58. The molecular weight excluding hydrogens is 224 g/mol. The third kappa shape index (κ3) is 4.91. The molecule has 0 amide bonds. The fourth-order valence-electron chi connectivity index (χ4n) is 1.67. The van der Waals surface area contributed by atoms with Crippen molar-refractivity contribution >= 4 is 5.97 Å². The Morgan fingerprint density at radius 1 is 1.17 bits per heavy atom. The van der Waals surface area contributed by atoms with E-state index in [-0.39, 0.29) is 11.4 Å². The second-order valence-corrected chi connectivity index (χ2v) is 5.70. The first-order valence-electron chi connectivity index (χ1n) is 6.68. The van der Waals surface area contributed by atoms with Gasteiger partial charge in [-0.25, -0.2) is 0 Å². The highest BCUT2D eigenvalue weighted by molar-refractivity contribution is 5.72. The zero-order chi connectivity index (χ0) is 13.6. The molecule has 18 heavy (non-hydrogen) atoms. The monoisotopic (exact) mass is 248 g/mol. The standard InChI is InChI=1S/C16H24O2/c1-5-6-11-18-15(17)12-13-7-9-14(10-8-13)16(2,3)4/h7-10H,5-6,11-12H2,1-4H3. The quantitative estimate of drug-likeness (QED) is 0.584. The molecular formula is C16H24O2. The summed E-state index contributed by atoms with van der Waals surface area (Å²) in [6.07, 6.45) is 2.36. The van der Waals surface area contributed by atoms with E-state index in [9.17, 15) is 4.79 Å². The minimum absolute atomic E-state index is 0.132. The van der Waals surface area contributed by atoms with Crippen molar-refractivity contribution < 1.29 is 9.53 Å². The van der Waals surface area contributed by atoms with Gasteiger partial charge < -0.3 is 4.74 Å². The molecule has 0 aromatic heterocycles. The van der Waals surface area contributed by atoms with Gasteiger partial charge in [0.1, 0.15) is 0 Å². The largest absolute Gasteiger partial charge is 0.465 e. The molecule has 0 spiro atoms. The summed E-state index contributed by atoms with van der Waals surface area (Å²) in [5.74, 6) is -0.132. The number of benzene rings is 1. The van der Waals surface area contributed by atoms with Gasteiger partial charge in [0.05, 0.1) is 13.0 Å². The van der Waals surface area contributed by atoms with E-state index in [2.05, 4.69) is 39.8 Å². The Bertz CT molecular complexity index is 371. The minimum Gasteiger partial charge on any atom is -0.465 e. The van der Waals surface area contributed by atoms with Crippen molar-refractivity contribution in [2.45, 2.75) is 52.4 Å². The summed E-state index contributed by atoms with van der Waals surface area (Å²) < 4.78 is 5.14. The van der Waals surface area contributed by atoms with Crippen LogP contribution in [0, 0.1) is 0 Å². The van der Waals surface area contributed by atoms with Crippen LogP contribution in [0.5, 0.6) is 0 Å². The van der Waals surface area contributed by atoms with Crippen molar-refractivity contribution in [3.63, 3.8) is 0 Å². The SMILES string of the molecule is CCCCOC(=O)Cc1ccc(C(C)(C)C)cc1.